The topological polar surface area (TPSA) is 79.7 Å². The lowest BCUT2D eigenvalue weighted by atomic mass is 10.1. The fourth-order valence-electron chi connectivity index (χ4n) is 2.69. The van der Waals surface area contributed by atoms with E-state index in [1.807, 2.05) is 6.07 Å². The van der Waals surface area contributed by atoms with Crippen LogP contribution in [0.15, 0.2) is 46.1 Å². The van der Waals surface area contributed by atoms with E-state index in [1.54, 1.807) is 19.9 Å². The largest absolute Gasteiger partial charge is 0.611 e. The van der Waals surface area contributed by atoms with Gasteiger partial charge in [0, 0.05) is 12.1 Å². The maximum Gasteiger partial charge on any atom is 0.192 e. The molecule has 0 saturated carbocycles. The molecule has 0 bridgehead atoms. The normalized spacial score (nSPS) is 12.3. The lowest BCUT2D eigenvalue weighted by Gasteiger charge is -2.17. The van der Waals surface area contributed by atoms with Crippen LogP contribution in [0.5, 0.6) is 0 Å². The van der Waals surface area contributed by atoms with Crippen LogP contribution in [0.4, 0.5) is 8.78 Å². The van der Waals surface area contributed by atoms with Crippen LogP contribution < -0.4 is 5.43 Å². The van der Waals surface area contributed by atoms with Gasteiger partial charge in [-0.25, -0.2) is 8.78 Å². The van der Waals surface area contributed by atoms with Gasteiger partial charge in [-0.1, -0.05) is 0 Å². The van der Waals surface area contributed by atoms with E-state index in [0.29, 0.717) is 22.1 Å². The van der Waals surface area contributed by atoms with Crippen LogP contribution in [0.25, 0.3) is 22.2 Å². The first-order valence-corrected chi connectivity index (χ1v) is 9.00. The molecule has 1 aromatic heterocycles. The summed E-state index contributed by atoms with van der Waals surface area (Å²) in [6.07, 6.45) is 0. The van der Waals surface area contributed by atoms with Gasteiger partial charge in [-0.3, -0.25) is 4.79 Å². The maximum absolute atomic E-state index is 13.9. The summed E-state index contributed by atoms with van der Waals surface area (Å²) in [5, 5.41) is 8.71. The molecule has 0 fully saturated rings. The molecule has 1 heterocycles. The molecule has 0 aliphatic carbocycles. The predicted molar refractivity (Wildman–Crippen MR) is 96.2 cm³/mol. The van der Waals surface area contributed by atoms with E-state index in [0.717, 1.165) is 6.07 Å². The molecule has 0 spiro atoms. The Morgan fingerprint density at radius 2 is 1.92 bits per heavy atom. The van der Waals surface area contributed by atoms with Crippen molar-refractivity contribution in [1.29, 1.82) is 5.26 Å². The predicted octanol–water partition coefficient (Wildman–Crippen LogP) is 3.86. The number of pyridine rings is 1. The van der Waals surface area contributed by atoms with Crippen molar-refractivity contribution in [3.63, 3.8) is 0 Å². The Morgan fingerprint density at radius 1 is 1.19 bits per heavy atom. The number of aromatic nitrogens is 1. The molecule has 3 rings (SSSR count). The molecule has 1 unspecified atom stereocenters. The van der Waals surface area contributed by atoms with E-state index in [4.69, 9.17) is 5.26 Å². The van der Waals surface area contributed by atoms with E-state index < -0.39 is 28.2 Å². The first kappa shape index (κ1) is 18.1. The SMILES string of the molecule is CC(C)[S+]([O-])c1ccc(C#N)cc1-c1cc(=O)c2c(F)cc(F)cc2[nH]1. The second-order valence-corrected chi connectivity index (χ2v) is 8.00. The van der Waals surface area contributed by atoms with Gasteiger partial charge in [0.15, 0.2) is 10.3 Å². The smallest absolute Gasteiger partial charge is 0.192 e. The highest BCUT2D eigenvalue weighted by molar-refractivity contribution is 7.92. The highest BCUT2D eigenvalue weighted by Crippen LogP contribution is 2.30. The van der Waals surface area contributed by atoms with Crippen molar-refractivity contribution in [2.45, 2.75) is 24.0 Å². The van der Waals surface area contributed by atoms with E-state index in [1.165, 1.54) is 18.2 Å². The Hall–Kier alpha value is -2.69. The number of hydrogen-bond acceptors (Lipinski definition) is 3. The number of fused-ring (bicyclic) bond motifs is 1. The first-order valence-electron chi connectivity index (χ1n) is 7.79. The minimum Gasteiger partial charge on any atom is -0.611 e. The third kappa shape index (κ3) is 3.21. The molecule has 0 aliphatic heterocycles. The quantitative estimate of drug-likeness (QED) is 0.709. The molecule has 7 heteroatoms. The molecule has 0 saturated heterocycles. The summed E-state index contributed by atoms with van der Waals surface area (Å²) >= 11 is -1.39. The fraction of sp³-hybridized carbons (Fsp3) is 0.158. The zero-order valence-corrected chi connectivity index (χ0v) is 14.8. The summed E-state index contributed by atoms with van der Waals surface area (Å²) in [5.74, 6) is -1.77. The summed E-state index contributed by atoms with van der Waals surface area (Å²) in [4.78, 5) is 15.6. The minimum atomic E-state index is -1.39. The van der Waals surface area contributed by atoms with Gasteiger partial charge < -0.3 is 9.54 Å². The fourth-order valence-corrected chi connectivity index (χ4v) is 3.79. The molecular weight excluding hydrogens is 358 g/mol. The van der Waals surface area contributed by atoms with Crippen LogP contribution in [-0.4, -0.2) is 14.8 Å². The van der Waals surface area contributed by atoms with Gasteiger partial charge in [0.05, 0.1) is 33.8 Å². The Balaban J connectivity index is 2.33. The third-order valence-corrected chi connectivity index (χ3v) is 5.54. The molecular formula is C19H14F2N2O2S. The molecule has 1 atom stereocenters. The molecule has 0 amide bonds. The van der Waals surface area contributed by atoms with Crippen molar-refractivity contribution in [3.8, 4) is 17.3 Å². The highest BCUT2D eigenvalue weighted by atomic mass is 32.2. The van der Waals surface area contributed by atoms with E-state index >= 15 is 0 Å². The average Bonchev–Trinajstić information content (AvgIpc) is 2.59. The standard InChI is InChI=1S/C19H14F2N2O2S/c1-10(2)26(25)18-4-3-11(9-22)5-13(18)15-8-17(24)19-14(21)6-12(20)7-16(19)23-15/h3-8,10H,1-2H3,(H,23,24). The van der Waals surface area contributed by atoms with Crippen LogP contribution in [0.2, 0.25) is 0 Å². The van der Waals surface area contributed by atoms with Crippen molar-refractivity contribution in [1.82, 2.24) is 4.98 Å². The number of rotatable bonds is 3. The molecule has 4 nitrogen and oxygen atoms in total. The summed E-state index contributed by atoms with van der Waals surface area (Å²) < 4.78 is 40.1. The maximum atomic E-state index is 13.9. The summed E-state index contributed by atoms with van der Waals surface area (Å²) in [6.45, 7) is 3.57. The number of halogens is 2. The Kier molecular flexibility index (Phi) is 4.81. The van der Waals surface area contributed by atoms with Gasteiger partial charge in [-0.15, -0.1) is 0 Å². The summed E-state index contributed by atoms with van der Waals surface area (Å²) in [5.41, 5.74) is 0.313. The Morgan fingerprint density at radius 3 is 2.58 bits per heavy atom. The molecule has 2 aromatic carbocycles. The number of nitrogens with one attached hydrogen (secondary N) is 1. The van der Waals surface area contributed by atoms with Crippen LogP contribution in [0, 0.1) is 23.0 Å². The molecule has 0 radical (unpaired) electrons. The van der Waals surface area contributed by atoms with Crippen molar-refractivity contribution >= 4 is 22.1 Å². The molecule has 0 aliphatic rings. The van der Waals surface area contributed by atoms with Gasteiger partial charge >= 0.3 is 0 Å². The molecule has 3 aromatic rings. The van der Waals surface area contributed by atoms with Gasteiger partial charge in [0.1, 0.15) is 16.9 Å². The van der Waals surface area contributed by atoms with E-state index in [2.05, 4.69) is 4.98 Å². The van der Waals surface area contributed by atoms with Crippen LogP contribution in [0.3, 0.4) is 0 Å². The van der Waals surface area contributed by atoms with Crippen molar-refractivity contribution in [2.75, 3.05) is 0 Å². The number of H-pyrrole nitrogens is 1. The summed E-state index contributed by atoms with van der Waals surface area (Å²) in [7, 11) is 0. The highest BCUT2D eigenvalue weighted by Gasteiger charge is 2.22. The van der Waals surface area contributed by atoms with Crippen molar-refractivity contribution < 1.29 is 13.3 Å². The Bertz CT molecular complexity index is 1100. The van der Waals surface area contributed by atoms with Gasteiger partial charge in [-0.05, 0) is 49.3 Å². The zero-order valence-electron chi connectivity index (χ0n) is 14.0. The molecule has 132 valence electrons. The number of benzene rings is 2. The van der Waals surface area contributed by atoms with Crippen molar-refractivity contribution in [3.05, 3.63) is 63.8 Å². The average molecular weight is 372 g/mol. The van der Waals surface area contributed by atoms with Crippen LogP contribution in [-0.2, 0) is 11.2 Å². The lowest BCUT2D eigenvalue weighted by Crippen LogP contribution is -2.16. The van der Waals surface area contributed by atoms with E-state index in [9.17, 15) is 18.1 Å². The second kappa shape index (κ2) is 6.90. The lowest BCUT2D eigenvalue weighted by molar-refractivity contribution is 0.586. The summed E-state index contributed by atoms with van der Waals surface area (Å²) in [6, 6.07) is 9.44. The van der Waals surface area contributed by atoms with Gasteiger partial charge in [0.25, 0.3) is 0 Å². The Labute approximate surface area is 151 Å². The third-order valence-electron chi connectivity index (χ3n) is 3.89. The zero-order chi connectivity index (χ0) is 19.0. The van der Waals surface area contributed by atoms with Gasteiger partial charge in [0.2, 0.25) is 0 Å². The molecule has 26 heavy (non-hydrogen) atoms. The van der Waals surface area contributed by atoms with Crippen LogP contribution in [0.1, 0.15) is 19.4 Å². The minimum absolute atomic E-state index is 0.00589. The first-order chi connectivity index (χ1) is 12.3. The number of nitriles is 1. The van der Waals surface area contributed by atoms with Gasteiger partial charge in [-0.2, -0.15) is 5.26 Å². The number of aromatic amines is 1. The number of hydrogen-bond donors (Lipinski definition) is 1. The monoisotopic (exact) mass is 372 g/mol. The van der Waals surface area contributed by atoms with Crippen LogP contribution >= 0.6 is 0 Å². The van der Waals surface area contributed by atoms with E-state index in [-0.39, 0.29) is 21.8 Å². The van der Waals surface area contributed by atoms with Crippen molar-refractivity contribution in [2.24, 2.45) is 0 Å². The number of nitrogens with zero attached hydrogens (tertiary/aromatic N) is 1. The molecule has 1 N–H and O–H groups in total. The second-order valence-electron chi connectivity index (χ2n) is 6.03.